The van der Waals surface area contributed by atoms with Gasteiger partial charge in [-0.3, -0.25) is 0 Å². The second-order valence-electron chi connectivity index (χ2n) is 3.39. The first-order chi connectivity index (χ1) is 7.29. The highest BCUT2D eigenvalue weighted by Crippen LogP contribution is 2.29. The van der Waals surface area contributed by atoms with Crippen molar-refractivity contribution in [2.75, 3.05) is 12.4 Å². The van der Waals surface area contributed by atoms with Gasteiger partial charge in [-0.25, -0.2) is 0 Å². The van der Waals surface area contributed by atoms with Gasteiger partial charge >= 0.3 is 0 Å². The van der Waals surface area contributed by atoms with E-state index in [1.54, 1.807) is 11.8 Å². The molecule has 1 aromatic carbocycles. The zero-order valence-corrected chi connectivity index (χ0v) is 9.83. The van der Waals surface area contributed by atoms with E-state index in [-0.39, 0.29) is 12.7 Å². The first kappa shape index (κ1) is 12.6. The molecule has 0 unspecified atom stereocenters. The molecule has 0 fully saturated rings. The van der Waals surface area contributed by atoms with Crippen molar-refractivity contribution in [1.29, 1.82) is 0 Å². The van der Waals surface area contributed by atoms with Crippen LogP contribution in [0.15, 0.2) is 29.2 Å². The Labute approximate surface area is 95.3 Å². The number of aliphatic hydroxyl groups is 2. The predicted molar refractivity (Wildman–Crippen MR) is 64.1 cm³/mol. The zero-order valence-electron chi connectivity index (χ0n) is 9.02. The van der Waals surface area contributed by atoms with Gasteiger partial charge in [-0.2, -0.15) is 0 Å². The summed E-state index contributed by atoms with van der Waals surface area (Å²) in [7, 11) is 0. The van der Waals surface area contributed by atoms with Gasteiger partial charge in [0.2, 0.25) is 0 Å². The fraction of sp³-hybridized carbons (Fsp3) is 0.500. The number of rotatable bonds is 6. The van der Waals surface area contributed by atoms with Crippen LogP contribution in [-0.4, -0.2) is 22.6 Å². The Balaban J connectivity index is 2.68. The third-order valence-electron chi connectivity index (χ3n) is 2.22. The van der Waals surface area contributed by atoms with E-state index in [9.17, 15) is 5.11 Å². The molecule has 84 valence electrons. The Hall–Kier alpha value is -0.510. The molecular weight excluding hydrogens is 208 g/mol. The van der Waals surface area contributed by atoms with E-state index in [1.165, 1.54) is 0 Å². The molecule has 2 nitrogen and oxygen atoms in total. The highest BCUT2D eigenvalue weighted by Gasteiger charge is 2.09. The Morgan fingerprint density at radius 1 is 1.33 bits per heavy atom. The molecule has 2 N–H and O–H groups in total. The molecule has 0 aromatic heterocycles. The lowest BCUT2D eigenvalue weighted by molar-refractivity contribution is 0.171. The maximum atomic E-state index is 9.80. The number of hydrogen-bond acceptors (Lipinski definition) is 3. The summed E-state index contributed by atoms with van der Waals surface area (Å²) in [5.41, 5.74) is 1.00. The molecule has 0 spiro atoms. The van der Waals surface area contributed by atoms with Crippen LogP contribution in [0.1, 0.15) is 31.4 Å². The Bertz CT molecular complexity index is 289. The van der Waals surface area contributed by atoms with Crippen LogP contribution in [0.2, 0.25) is 0 Å². The van der Waals surface area contributed by atoms with Crippen LogP contribution in [0.3, 0.4) is 0 Å². The molecular formula is C12H18O2S. The lowest BCUT2D eigenvalue weighted by atomic mass is 10.1. The normalized spacial score (nSPS) is 12.7. The minimum atomic E-state index is -0.372. The van der Waals surface area contributed by atoms with E-state index in [0.29, 0.717) is 0 Å². The zero-order chi connectivity index (χ0) is 11.1. The molecule has 0 bridgehead atoms. The standard InChI is InChI=1S/C12H18O2S/c1-2-11(14)10-6-3-4-7-12(10)15-9-5-8-13/h3-4,6-7,11,13-14H,2,5,8-9H2,1H3/t11-/m0/s1. The van der Waals surface area contributed by atoms with E-state index in [2.05, 4.69) is 0 Å². The van der Waals surface area contributed by atoms with Crippen LogP contribution in [0.4, 0.5) is 0 Å². The van der Waals surface area contributed by atoms with Crippen LogP contribution in [0.25, 0.3) is 0 Å². The summed E-state index contributed by atoms with van der Waals surface area (Å²) in [5.74, 6) is 0.893. The monoisotopic (exact) mass is 226 g/mol. The number of thioether (sulfide) groups is 1. The summed E-state index contributed by atoms with van der Waals surface area (Å²) in [6, 6.07) is 7.92. The van der Waals surface area contributed by atoms with Gasteiger partial charge in [0.1, 0.15) is 0 Å². The molecule has 0 aliphatic carbocycles. The SMILES string of the molecule is CC[C@H](O)c1ccccc1SCCCO. The van der Waals surface area contributed by atoms with Crippen molar-refractivity contribution < 1.29 is 10.2 Å². The first-order valence-electron chi connectivity index (χ1n) is 5.30. The van der Waals surface area contributed by atoms with Crippen molar-refractivity contribution in [2.45, 2.75) is 30.8 Å². The lowest BCUT2D eigenvalue weighted by Crippen LogP contribution is -1.97. The second kappa shape index (κ2) is 6.88. The fourth-order valence-corrected chi connectivity index (χ4v) is 2.39. The summed E-state index contributed by atoms with van der Waals surface area (Å²) in [6.45, 7) is 2.20. The van der Waals surface area contributed by atoms with Gasteiger partial charge in [0.05, 0.1) is 6.10 Å². The fourth-order valence-electron chi connectivity index (χ4n) is 1.35. The van der Waals surface area contributed by atoms with Crippen molar-refractivity contribution in [3.05, 3.63) is 29.8 Å². The van der Waals surface area contributed by atoms with Crippen LogP contribution < -0.4 is 0 Å². The molecule has 0 saturated carbocycles. The van der Waals surface area contributed by atoms with Crippen LogP contribution in [-0.2, 0) is 0 Å². The average molecular weight is 226 g/mol. The van der Waals surface area contributed by atoms with E-state index < -0.39 is 0 Å². The van der Waals surface area contributed by atoms with Gasteiger partial charge in [0, 0.05) is 17.3 Å². The molecule has 15 heavy (non-hydrogen) atoms. The van der Waals surface area contributed by atoms with Gasteiger partial charge in [-0.15, -0.1) is 11.8 Å². The van der Waals surface area contributed by atoms with E-state index in [1.807, 2.05) is 31.2 Å². The van der Waals surface area contributed by atoms with Crippen molar-refractivity contribution in [3.63, 3.8) is 0 Å². The molecule has 0 aliphatic rings. The third kappa shape index (κ3) is 3.86. The maximum absolute atomic E-state index is 9.80. The molecule has 1 atom stereocenters. The van der Waals surface area contributed by atoms with Crippen LogP contribution in [0, 0.1) is 0 Å². The molecule has 0 aliphatic heterocycles. The number of benzene rings is 1. The Kier molecular flexibility index (Phi) is 5.76. The van der Waals surface area contributed by atoms with Crippen LogP contribution >= 0.6 is 11.8 Å². The highest BCUT2D eigenvalue weighted by atomic mass is 32.2. The number of hydrogen-bond donors (Lipinski definition) is 2. The molecule has 0 radical (unpaired) electrons. The molecule has 1 aromatic rings. The smallest absolute Gasteiger partial charge is 0.0798 e. The maximum Gasteiger partial charge on any atom is 0.0798 e. The first-order valence-corrected chi connectivity index (χ1v) is 6.28. The second-order valence-corrected chi connectivity index (χ2v) is 4.52. The molecule has 1 rings (SSSR count). The summed E-state index contributed by atoms with van der Waals surface area (Å²) in [5, 5.41) is 18.5. The van der Waals surface area contributed by atoms with Gasteiger partial charge in [0.15, 0.2) is 0 Å². The van der Waals surface area contributed by atoms with Crippen molar-refractivity contribution in [2.24, 2.45) is 0 Å². The largest absolute Gasteiger partial charge is 0.396 e. The van der Waals surface area contributed by atoms with Crippen molar-refractivity contribution in [1.82, 2.24) is 0 Å². The Morgan fingerprint density at radius 3 is 2.73 bits per heavy atom. The summed E-state index contributed by atoms with van der Waals surface area (Å²) in [6.07, 6.45) is 1.15. The molecule has 0 saturated heterocycles. The lowest BCUT2D eigenvalue weighted by Gasteiger charge is -2.13. The van der Waals surface area contributed by atoms with Gasteiger partial charge in [0.25, 0.3) is 0 Å². The number of aliphatic hydroxyl groups excluding tert-OH is 2. The van der Waals surface area contributed by atoms with Crippen molar-refractivity contribution in [3.8, 4) is 0 Å². The predicted octanol–water partition coefficient (Wildman–Crippen LogP) is 2.60. The summed E-state index contributed by atoms with van der Waals surface area (Å²) in [4.78, 5) is 1.13. The molecule has 0 heterocycles. The minimum absolute atomic E-state index is 0.228. The topological polar surface area (TPSA) is 40.5 Å². The highest BCUT2D eigenvalue weighted by molar-refractivity contribution is 7.99. The van der Waals surface area contributed by atoms with Gasteiger partial charge in [-0.05, 0) is 24.5 Å². The van der Waals surface area contributed by atoms with Crippen LogP contribution in [0.5, 0.6) is 0 Å². The quantitative estimate of drug-likeness (QED) is 0.578. The summed E-state index contributed by atoms with van der Waals surface area (Å²) >= 11 is 1.70. The average Bonchev–Trinajstić information content (AvgIpc) is 2.29. The van der Waals surface area contributed by atoms with Gasteiger partial charge in [-0.1, -0.05) is 25.1 Å². The van der Waals surface area contributed by atoms with E-state index >= 15 is 0 Å². The van der Waals surface area contributed by atoms with Crippen molar-refractivity contribution >= 4 is 11.8 Å². The molecule has 3 heteroatoms. The third-order valence-corrected chi connectivity index (χ3v) is 3.40. The summed E-state index contributed by atoms with van der Waals surface area (Å²) < 4.78 is 0. The van der Waals surface area contributed by atoms with E-state index in [4.69, 9.17) is 5.11 Å². The minimum Gasteiger partial charge on any atom is -0.396 e. The Morgan fingerprint density at radius 2 is 2.07 bits per heavy atom. The van der Waals surface area contributed by atoms with E-state index in [0.717, 1.165) is 29.1 Å². The molecule has 0 amide bonds. The van der Waals surface area contributed by atoms with Gasteiger partial charge < -0.3 is 10.2 Å².